The Hall–Kier alpha value is -0.930. The normalized spacial score (nSPS) is 24.3. The van der Waals surface area contributed by atoms with Crippen molar-refractivity contribution < 1.29 is 4.74 Å². The maximum absolute atomic E-state index is 5.59. The van der Waals surface area contributed by atoms with Gasteiger partial charge in [-0.1, -0.05) is 23.9 Å². The zero-order chi connectivity index (χ0) is 8.67. The molecule has 0 radical (unpaired) electrons. The highest BCUT2D eigenvalue weighted by molar-refractivity contribution is 8.00. The lowest BCUT2D eigenvalue weighted by molar-refractivity contribution is 0.135. The van der Waals surface area contributed by atoms with Crippen molar-refractivity contribution in [1.82, 2.24) is 0 Å². The van der Waals surface area contributed by atoms with E-state index in [4.69, 9.17) is 4.74 Å². The molecule has 0 fully saturated rings. The number of benzene rings is 1. The van der Waals surface area contributed by atoms with E-state index in [1.165, 1.54) is 10.6 Å². The topological polar surface area (TPSA) is 12.5 Å². The quantitative estimate of drug-likeness (QED) is 0.625. The van der Waals surface area contributed by atoms with Crippen molar-refractivity contribution in [3.8, 4) is 0 Å². The Bertz CT molecular complexity index is 364. The Labute approximate surface area is 81.2 Å². The average molecular weight is 191 g/mol. The molecule has 66 valence electrons. The Morgan fingerprint density at radius 2 is 2.31 bits per heavy atom. The van der Waals surface area contributed by atoms with E-state index in [0.717, 1.165) is 6.61 Å². The predicted octanol–water partition coefficient (Wildman–Crippen LogP) is 2.43. The monoisotopic (exact) mass is 191 g/mol. The van der Waals surface area contributed by atoms with Crippen LogP contribution in [0.2, 0.25) is 0 Å². The highest BCUT2D eigenvalue weighted by Crippen LogP contribution is 2.44. The van der Waals surface area contributed by atoms with Crippen LogP contribution < -0.4 is 4.90 Å². The molecule has 0 aliphatic carbocycles. The van der Waals surface area contributed by atoms with Gasteiger partial charge in [-0.3, -0.25) is 0 Å². The SMILES string of the molecule is C1=CN2c3ccccc3SC2OC1. The third-order valence-corrected chi connectivity index (χ3v) is 3.36. The second-order valence-corrected chi connectivity index (χ2v) is 4.10. The molecule has 2 heterocycles. The van der Waals surface area contributed by atoms with E-state index in [9.17, 15) is 0 Å². The first-order valence-corrected chi connectivity index (χ1v) is 5.15. The van der Waals surface area contributed by atoms with Crippen LogP contribution >= 0.6 is 11.8 Å². The van der Waals surface area contributed by atoms with Crippen LogP contribution in [-0.2, 0) is 4.74 Å². The molecular formula is C10H9NOS. The summed E-state index contributed by atoms with van der Waals surface area (Å²) in [6.45, 7) is 0.724. The Morgan fingerprint density at radius 1 is 1.38 bits per heavy atom. The van der Waals surface area contributed by atoms with E-state index < -0.39 is 0 Å². The summed E-state index contributed by atoms with van der Waals surface area (Å²) in [5.41, 5.74) is 1.41. The van der Waals surface area contributed by atoms with Crippen LogP contribution in [0.25, 0.3) is 0 Å². The van der Waals surface area contributed by atoms with Gasteiger partial charge in [0.1, 0.15) is 0 Å². The summed E-state index contributed by atoms with van der Waals surface area (Å²) in [6, 6.07) is 8.38. The van der Waals surface area contributed by atoms with Gasteiger partial charge in [0.2, 0.25) is 0 Å². The fraction of sp³-hybridized carbons (Fsp3) is 0.200. The second kappa shape index (κ2) is 2.79. The van der Waals surface area contributed by atoms with Crippen molar-refractivity contribution in [2.45, 2.75) is 10.5 Å². The number of ether oxygens (including phenoxy) is 1. The van der Waals surface area contributed by atoms with Gasteiger partial charge in [0, 0.05) is 11.1 Å². The summed E-state index contributed by atoms with van der Waals surface area (Å²) in [5, 5.41) is 0. The molecule has 2 aliphatic rings. The van der Waals surface area contributed by atoms with Crippen molar-refractivity contribution >= 4 is 17.4 Å². The zero-order valence-electron chi connectivity index (χ0n) is 7.01. The maximum atomic E-state index is 5.59. The van der Waals surface area contributed by atoms with E-state index in [-0.39, 0.29) is 5.56 Å². The van der Waals surface area contributed by atoms with E-state index >= 15 is 0 Å². The minimum absolute atomic E-state index is 0.155. The van der Waals surface area contributed by atoms with E-state index in [1.54, 1.807) is 11.8 Å². The van der Waals surface area contributed by atoms with Crippen LogP contribution in [0.15, 0.2) is 41.4 Å². The Balaban J connectivity index is 2.09. The molecule has 0 saturated heterocycles. The molecule has 0 N–H and O–H groups in total. The number of anilines is 1. The van der Waals surface area contributed by atoms with E-state index in [0.29, 0.717) is 0 Å². The fourth-order valence-electron chi connectivity index (χ4n) is 1.61. The number of fused-ring (bicyclic) bond motifs is 3. The van der Waals surface area contributed by atoms with Crippen LogP contribution in [0.3, 0.4) is 0 Å². The van der Waals surface area contributed by atoms with Crippen LogP contribution in [0.4, 0.5) is 5.69 Å². The van der Waals surface area contributed by atoms with Gasteiger partial charge < -0.3 is 9.64 Å². The third-order valence-electron chi connectivity index (χ3n) is 2.20. The molecular weight excluding hydrogens is 182 g/mol. The van der Waals surface area contributed by atoms with Gasteiger partial charge in [-0.2, -0.15) is 0 Å². The summed E-state index contributed by atoms with van der Waals surface area (Å²) in [7, 11) is 0. The summed E-state index contributed by atoms with van der Waals surface area (Å²) in [6.07, 6.45) is 4.14. The minimum Gasteiger partial charge on any atom is -0.344 e. The minimum atomic E-state index is 0.155. The molecule has 0 amide bonds. The third kappa shape index (κ3) is 1.08. The molecule has 0 spiro atoms. The molecule has 1 aromatic rings. The number of rotatable bonds is 0. The van der Waals surface area contributed by atoms with Crippen LogP contribution in [0.5, 0.6) is 0 Å². The lowest BCUT2D eigenvalue weighted by Crippen LogP contribution is -2.29. The van der Waals surface area contributed by atoms with Gasteiger partial charge in [0.15, 0.2) is 5.56 Å². The van der Waals surface area contributed by atoms with Crippen molar-refractivity contribution in [1.29, 1.82) is 0 Å². The van der Waals surface area contributed by atoms with Crippen LogP contribution in [-0.4, -0.2) is 12.2 Å². The average Bonchev–Trinajstić information content (AvgIpc) is 2.56. The molecule has 0 aromatic heterocycles. The van der Waals surface area contributed by atoms with Gasteiger partial charge in [-0.15, -0.1) is 0 Å². The highest BCUT2D eigenvalue weighted by atomic mass is 32.2. The Morgan fingerprint density at radius 3 is 3.31 bits per heavy atom. The van der Waals surface area contributed by atoms with E-state index in [2.05, 4.69) is 35.4 Å². The number of para-hydroxylation sites is 1. The molecule has 1 unspecified atom stereocenters. The molecule has 2 nitrogen and oxygen atoms in total. The van der Waals surface area contributed by atoms with Gasteiger partial charge >= 0.3 is 0 Å². The Kier molecular flexibility index (Phi) is 1.60. The summed E-state index contributed by atoms with van der Waals surface area (Å²) >= 11 is 1.77. The lowest BCUT2D eigenvalue weighted by atomic mass is 10.3. The molecule has 0 saturated carbocycles. The molecule has 0 bridgehead atoms. The summed E-state index contributed by atoms with van der Waals surface area (Å²) in [5.74, 6) is 0. The first-order chi connectivity index (χ1) is 6.45. The van der Waals surface area contributed by atoms with Gasteiger partial charge in [-0.05, 0) is 18.2 Å². The molecule has 1 atom stereocenters. The lowest BCUT2D eigenvalue weighted by Gasteiger charge is -2.25. The molecule has 1 aromatic carbocycles. The highest BCUT2D eigenvalue weighted by Gasteiger charge is 2.30. The smallest absolute Gasteiger partial charge is 0.187 e. The van der Waals surface area contributed by atoms with Gasteiger partial charge in [0.05, 0.1) is 12.3 Å². The van der Waals surface area contributed by atoms with Crippen molar-refractivity contribution in [2.75, 3.05) is 11.5 Å². The zero-order valence-corrected chi connectivity index (χ0v) is 7.83. The number of thioether (sulfide) groups is 1. The van der Waals surface area contributed by atoms with Gasteiger partial charge in [0.25, 0.3) is 0 Å². The second-order valence-electron chi connectivity index (χ2n) is 3.02. The number of hydrogen-bond acceptors (Lipinski definition) is 3. The largest absolute Gasteiger partial charge is 0.344 e. The summed E-state index contributed by atoms with van der Waals surface area (Å²) in [4.78, 5) is 3.47. The van der Waals surface area contributed by atoms with Crippen molar-refractivity contribution in [2.24, 2.45) is 0 Å². The first kappa shape index (κ1) is 7.47. The maximum Gasteiger partial charge on any atom is 0.187 e. The molecule has 13 heavy (non-hydrogen) atoms. The van der Waals surface area contributed by atoms with Crippen molar-refractivity contribution in [3.05, 3.63) is 36.5 Å². The summed E-state index contributed by atoms with van der Waals surface area (Å²) < 4.78 is 5.59. The standard InChI is InChI=1S/C10H9NOS/c1-2-5-9-8(4-1)11-6-3-7-12-10(11)13-9/h1-6,10H,7H2. The van der Waals surface area contributed by atoms with E-state index in [1.807, 2.05) is 6.08 Å². The van der Waals surface area contributed by atoms with Crippen molar-refractivity contribution in [3.63, 3.8) is 0 Å². The number of hydrogen-bond donors (Lipinski definition) is 0. The fourth-order valence-corrected chi connectivity index (χ4v) is 2.72. The molecule has 2 aliphatic heterocycles. The number of nitrogens with zero attached hydrogens (tertiary/aromatic N) is 1. The molecule has 3 heteroatoms. The van der Waals surface area contributed by atoms with Gasteiger partial charge in [-0.25, -0.2) is 0 Å². The van der Waals surface area contributed by atoms with Crippen LogP contribution in [0.1, 0.15) is 0 Å². The van der Waals surface area contributed by atoms with Crippen LogP contribution in [0, 0.1) is 0 Å². The predicted molar refractivity (Wildman–Crippen MR) is 53.7 cm³/mol. The molecule has 3 rings (SSSR count). The first-order valence-electron chi connectivity index (χ1n) is 4.27.